The van der Waals surface area contributed by atoms with Gasteiger partial charge in [0.1, 0.15) is 11.5 Å². The van der Waals surface area contributed by atoms with E-state index in [4.69, 9.17) is 9.47 Å². The highest BCUT2D eigenvalue weighted by Crippen LogP contribution is 2.24. The smallest absolute Gasteiger partial charge is 0.344 e. The number of esters is 1. The summed E-state index contributed by atoms with van der Waals surface area (Å²) >= 11 is 0. The van der Waals surface area contributed by atoms with Gasteiger partial charge in [0.15, 0.2) is 0 Å². The number of carbonyl (C=O) groups excluding carboxylic acids is 1. The molecule has 0 heterocycles. The fourth-order valence-corrected chi connectivity index (χ4v) is 1.99. The molecule has 122 valence electrons. The zero-order chi connectivity index (χ0) is 17.5. The molecule has 0 N–H and O–H groups in total. The second-order valence-corrected chi connectivity index (χ2v) is 4.69. The molecule has 6 heteroatoms. The number of hydrogen-bond donors (Lipinski definition) is 0. The molecule has 0 atom stereocenters. The van der Waals surface area contributed by atoms with Gasteiger partial charge in [0.25, 0.3) is 5.69 Å². The molecule has 0 unspecified atom stereocenters. The summed E-state index contributed by atoms with van der Waals surface area (Å²) in [5.41, 5.74) is 0.827. The van der Waals surface area contributed by atoms with Gasteiger partial charge in [-0.25, -0.2) is 4.79 Å². The lowest BCUT2D eigenvalue weighted by molar-refractivity contribution is -0.384. The molecule has 2 aromatic rings. The third-order valence-corrected chi connectivity index (χ3v) is 3.14. The second kappa shape index (κ2) is 7.73. The highest BCUT2D eigenvalue weighted by molar-refractivity contribution is 6.17. The van der Waals surface area contributed by atoms with Gasteiger partial charge in [0, 0.05) is 12.1 Å². The maximum atomic E-state index is 12.4. The second-order valence-electron chi connectivity index (χ2n) is 4.69. The summed E-state index contributed by atoms with van der Waals surface area (Å²) in [7, 11) is 1.53. The molecule has 6 nitrogen and oxygen atoms in total. The van der Waals surface area contributed by atoms with Crippen LogP contribution < -0.4 is 9.47 Å². The number of benzene rings is 2. The van der Waals surface area contributed by atoms with Crippen LogP contribution in [0.1, 0.15) is 5.56 Å². The van der Waals surface area contributed by atoms with E-state index in [0.29, 0.717) is 16.9 Å². The topological polar surface area (TPSA) is 78.7 Å². The maximum absolute atomic E-state index is 12.4. The SMILES string of the molecule is C=CC=C(C(=O)Oc1ccc([N+](=O)[O-])cc1)c1cccc(OC)c1. The van der Waals surface area contributed by atoms with Crippen LogP contribution in [0.5, 0.6) is 11.5 Å². The zero-order valence-corrected chi connectivity index (χ0v) is 13.0. The van der Waals surface area contributed by atoms with Crippen LogP contribution >= 0.6 is 0 Å². The first kappa shape index (κ1) is 17.0. The zero-order valence-electron chi connectivity index (χ0n) is 13.0. The molecule has 0 aliphatic carbocycles. The van der Waals surface area contributed by atoms with Crippen molar-refractivity contribution in [1.82, 2.24) is 0 Å². The molecule has 0 saturated heterocycles. The highest BCUT2D eigenvalue weighted by Gasteiger charge is 2.15. The van der Waals surface area contributed by atoms with E-state index in [2.05, 4.69) is 6.58 Å². The molecule has 0 bridgehead atoms. The third kappa shape index (κ3) is 4.07. The average molecular weight is 325 g/mol. The van der Waals surface area contributed by atoms with Gasteiger partial charge in [-0.2, -0.15) is 0 Å². The van der Waals surface area contributed by atoms with Crippen LogP contribution in [0.25, 0.3) is 5.57 Å². The summed E-state index contributed by atoms with van der Waals surface area (Å²) < 4.78 is 10.4. The van der Waals surface area contributed by atoms with Crippen molar-refractivity contribution in [2.45, 2.75) is 0 Å². The van der Waals surface area contributed by atoms with Gasteiger partial charge in [0.2, 0.25) is 0 Å². The summed E-state index contributed by atoms with van der Waals surface area (Å²) in [6.45, 7) is 3.60. The summed E-state index contributed by atoms with van der Waals surface area (Å²) in [5.74, 6) is 0.214. The fourth-order valence-electron chi connectivity index (χ4n) is 1.99. The molecule has 0 saturated carbocycles. The molecule has 0 aliphatic rings. The van der Waals surface area contributed by atoms with E-state index in [0.717, 1.165) is 0 Å². The Kier molecular flexibility index (Phi) is 5.46. The van der Waals surface area contributed by atoms with Gasteiger partial charge in [-0.05, 0) is 35.9 Å². The Bertz CT molecular complexity index is 793. The summed E-state index contributed by atoms with van der Waals surface area (Å²) in [6, 6.07) is 12.2. The Morgan fingerprint density at radius 3 is 2.46 bits per heavy atom. The number of hydrogen-bond acceptors (Lipinski definition) is 5. The van der Waals surface area contributed by atoms with E-state index in [-0.39, 0.29) is 11.4 Å². The van der Waals surface area contributed by atoms with Crippen LogP contribution in [0.2, 0.25) is 0 Å². The van der Waals surface area contributed by atoms with Gasteiger partial charge in [-0.3, -0.25) is 10.1 Å². The molecule has 0 amide bonds. The van der Waals surface area contributed by atoms with Crippen molar-refractivity contribution in [3.8, 4) is 11.5 Å². The third-order valence-electron chi connectivity index (χ3n) is 3.14. The van der Waals surface area contributed by atoms with Crippen molar-refractivity contribution in [2.24, 2.45) is 0 Å². The van der Waals surface area contributed by atoms with Crippen LogP contribution in [-0.4, -0.2) is 18.0 Å². The number of carbonyl (C=O) groups is 1. The Labute approximate surface area is 138 Å². The van der Waals surface area contributed by atoms with E-state index < -0.39 is 10.9 Å². The number of nitro benzene ring substituents is 1. The molecule has 24 heavy (non-hydrogen) atoms. The van der Waals surface area contributed by atoms with Crippen molar-refractivity contribution < 1.29 is 19.2 Å². The predicted octanol–water partition coefficient (Wildman–Crippen LogP) is 3.78. The van der Waals surface area contributed by atoms with Crippen LogP contribution in [0.15, 0.2) is 67.3 Å². The van der Waals surface area contributed by atoms with E-state index in [1.807, 2.05) is 0 Å². The largest absolute Gasteiger partial charge is 0.497 e. The minimum Gasteiger partial charge on any atom is -0.497 e. The van der Waals surface area contributed by atoms with E-state index in [1.165, 1.54) is 43.5 Å². The van der Waals surface area contributed by atoms with Crippen molar-refractivity contribution in [1.29, 1.82) is 0 Å². The number of rotatable bonds is 6. The van der Waals surface area contributed by atoms with Crippen molar-refractivity contribution in [3.05, 3.63) is 82.9 Å². The first-order valence-electron chi connectivity index (χ1n) is 6.99. The molecular formula is C18H15NO5. The molecule has 0 aliphatic heterocycles. The lowest BCUT2D eigenvalue weighted by Crippen LogP contribution is -2.10. The Morgan fingerprint density at radius 2 is 1.88 bits per heavy atom. The molecule has 0 spiro atoms. The number of ether oxygens (including phenoxy) is 2. The number of methoxy groups -OCH3 is 1. The summed E-state index contributed by atoms with van der Waals surface area (Å²) in [4.78, 5) is 22.5. The van der Waals surface area contributed by atoms with E-state index in [1.54, 1.807) is 24.3 Å². The van der Waals surface area contributed by atoms with E-state index >= 15 is 0 Å². The number of nitrogens with zero attached hydrogens (tertiary/aromatic N) is 1. The maximum Gasteiger partial charge on any atom is 0.344 e. The summed E-state index contributed by atoms with van der Waals surface area (Å²) in [5, 5.41) is 10.6. The molecular weight excluding hydrogens is 310 g/mol. The quantitative estimate of drug-likeness (QED) is 0.202. The number of nitro groups is 1. The predicted molar refractivity (Wildman–Crippen MR) is 89.9 cm³/mol. The first-order valence-corrected chi connectivity index (χ1v) is 6.99. The Morgan fingerprint density at radius 1 is 1.17 bits per heavy atom. The monoisotopic (exact) mass is 325 g/mol. The number of non-ortho nitro benzene ring substituents is 1. The molecule has 0 fully saturated rings. The average Bonchev–Trinajstić information content (AvgIpc) is 2.60. The molecule has 0 radical (unpaired) electrons. The standard InChI is InChI=1S/C18H15NO5/c1-3-5-17(13-6-4-7-16(12-13)23-2)18(20)24-15-10-8-14(9-11-15)19(21)22/h3-12H,1H2,2H3. The summed E-state index contributed by atoms with van der Waals surface area (Å²) in [6.07, 6.45) is 3.01. The minimum absolute atomic E-state index is 0.0792. The highest BCUT2D eigenvalue weighted by atomic mass is 16.6. The van der Waals surface area contributed by atoms with Gasteiger partial charge >= 0.3 is 5.97 Å². The van der Waals surface area contributed by atoms with Crippen LogP contribution in [0.3, 0.4) is 0 Å². The Hall–Kier alpha value is -3.41. The van der Waals surface area contributed by atoms with Gasteiger partial charge in [-0.1, -0.05) is 24.8 Å². The minimum atomic E-state index is -0.600. The normalized spacial score (nSPS) is 10.8. The molecule has 0 aromatic heterocycles. The van der Waals surface area contributed by atoms with Gasteiger partial charge < -0.3 is 9.47 Å². The van der Waals surface area contributed by atoms with Crippen molar-refractivity contribution in [3.63, 3.8) is 0 Å². The molecule has 2 rings (SSSR count). The van der Waals surface area contributed by atoms with Gasteiger partial charge in [0.05, 0.1) is 17.6 Å². The fraction of sp³-hybridized carbons (Fsp3) is 0.0556. The van der Waals surface area contributed by atoms with Crippen LogP contribution in [0, 0.1) is 10.1 Å². The Balaban J connectivity index is 2.24. The molecule has 2 aromatic carbocycles. The first-order chi connectivity index (χ1) is 11.5. The van der Waals surface area contributed by atoms with Crippen LogP contribution in [-0.2, 0) is 4.79 Å². The van der Waals surface area contributed by atoms with Crippen molar-refractivity contribution >= 4 is 17.2 Å². The van der Waals surface area contributed by atoms with Crippen molar-refractivity contribution in [2.75, 3.05) is 7.11 Å². The lowest BCUT2D eigenvalue weighted by Gasteiger charge is -2.09. The van der Waals surface area contributed by atoms with Crippen LogP contribution in [0.4, 0.5) is 5.69 Å². The van der Waals surface area contributed by atoms with E-state index in [9.17, 15) is 14.9 Å². The number of allylic oxidation sites excluding steroid dienone is 2. The van der Waals surface area contributed by atoms with Gasteiger partial charge in [-0.15, -0.1) is 0 Å². The lowest BCUT2D eigenvalue weighted by atomic mass is 10.1.